The van der Waals surface area contributed by atoms with Crippen molar-refractivity contribution in [2.24, 2.45) is 0 Å². The molecule has 4 aromatic carbocycles. The Morgan fingerprint density at radius 2 is 0.850 bits per heavy atom. The molecule has 0 fully saturated rings. The van der Waals surface area contributed by atoms with Crippen molar-refractivity contribution in [3.05, 3.63) is 108 Å². The Labute approximate surface area is 240 Å². The highest BCUT2D eigenvalue weighted by atomic mass is 16.7. The van der Waals surface area contributed by atoms with Gasteiger partial charge in [-0.3, -0.25) is 0 Å². The lowest BCUT2D eigenvalue weighted by molar-refractivity contribution is 0.152. The first-order chi connectivity index (χ1) is 19.7. The average molecular weight is 535 g/mol. The molecule has 0 heterocycles. The number of aryl methyl sites for hydroxylation is 2. The van der Waals surface area contributed by atoms with E-state index in [0.717, 1.165) is 47.9 Å². The van der Waals surface area contributed by atoms with Gasteiger partial charge in [0, 0.05) is 11.1 Å². The zero-order chi connectivity index (χ0) is 28.0. The van der Waals surface area contributed by atoms with Crippen LogP contribution in [0, 0.1) is 0 Å². The van der Waals surface area contributed by atoms with Gasteiger partial charge in [-0.15, -0.1) is 0 Å². The van der Waals surface area contributed by atoms with E-state index in [1.807, 2.05) is 60.7 Å². The number of ether oxygens (including phenoxy) is 2. The minimum Gasteiger partial charge on any atom is -0.394 e. The molecule has 0 aliphatic carbocycles. The molecule has 0 bridgehead atoms. The van der Waals surface area contributed by atoms with E-state index in [0.29, 0.717) is 11.5 Å². The Bertz CT molecular complexity index is 1250. The zero-order valence-corrected chi connectivity index (χ0v) is 24.0. The summed E-state index contributed by atoms with van der Waals surface area (Å²) >= 11 is 0. The number of hydrogen-bond donors (Lipinski definition) is 0. The van der Waals surface area contributed by atoms with Gasteiger partial charge in [0.15, 0.2) is 0 Å². The maximum Gasteiger partial charge on any atom is 0.519 e. The monoisotopic (exact) mass is 534 g/mol. The Hall–Kier alpha value is -3.85. The smallest absolute Gasteiger partial charge is 0.394 e. The van der Waals surface area contributed by atoms with Crippen LogP contribution < -0.4 is 9.47 Å². The van der Waals surface area contributed by atoms with Crippen molar-refractivity contribution in [2.45, 2.75) is 78.1 Å². The third-order valence-electron chi connectivity index (χ3n) is 7.38. The molecule has 4 rings (SSSR count). The summed E-state index contributed by atoms with van der Waals surface area (Å²) < 4.78 is 11.7. The number of hydrogen-bond acceptors (Lipinski definition) is 3. The molecular formula is C37H42O3. The van der Waals surface area contributed by atoms with E-state index in [4.69, 9.17) is 9.47 Å². The highest BCUT2D eigenvalue weighted by molar-refractivity contribution is 5.80. The lowest BCUT2D eigenvalue weighted by Gasteiger charge is -2.16. The molecule has 3 heteroatoms. The Balaban J connectivity index is 1.52. The maximum absolute atomic E-state index is 13.2. The van der Waals surface area contributed by atoms with Gasteiger partial charge < -0.3 is 9.47 Å². The van der Waals surface area contributed by atoms with Gasteiger partial charge in [0.05, 0.1) is 0 Å². The topological polar surface area (TPSA) is 35.5 Å². The van der Waals surface area contributed by atoms with E-state index >= 15 is 0 Å². The van der Waals surface area contributed by atoms with Gasteiger partial charge in [0.2, 0.25) is 0 Å². The summed E-state index contributed by atoms with van der Waals surface area (Å²) in [7, 11) is 0. The van der Waals surface area contributed by atoms with Crippen LogP contribution in [0.25, 0.3) is 22.3 Å². The molecule has 4 aromatic rings. The van der Waals surface area contributed by atoms with Gasteiger partial charge in [-0.25, -0.2) is 4.79 Å². The molecule has 3 nitrogen and oxygen atoms in total. The van der Waals surface area contributed by atoms with E-state index in [-0.39, 0.29) is 0 Å². The van der Waals surface area contributed by atoms with Crippen molar-refractivity contribution in [1.82, 2.24) is 0 Å². The van der Waals surface area contributed by atoms with Crippen molar-refractivity contribution in [2.75, 3.05) is 0 Å². The van der Waals surface area contributed by atoms with Crippen LogP contribution in [0.4, 0.5) is 4.79 Å². The minimum absolute atomic E-state index is 0.502. The molecule has 0 saturated heterocycles. The van der Waals surface area contributed by atoms with Crippen LogP contribution in [0.2, 0.25) is 0 Å². The molecule has 0 aromatic heterocycles. The SMILES string of the molecule is CCCCCCc1ccccc1-c1ccccc1OC(=O)Oc1ccccc1-c1ccccc1CCCCCC. The van der Waals surface area contributed by atoms with Gasteiger partial charge in [0.25, 0.3) is 0 Å². The number of para-hydroxylation sites is 2. The number of carbonyl (C=O) groups is 1. The highest BCUT2D eigenvalue weighted by Gasteiger charge is 2.17. The van der Waals surface area contributed by atoms with Gasteiger partial charge in [-0.05, 0) is 60.1 Å². The van der Waals surface area contributed by atoms with E-state index < -0.39 is 6.16 Å². The lowest BCUT2D eigenvalue weighted by atomic mass is 9.95. The van der Waals surface area contributed by atoms with E-state index in [2.05, 4.69) is 50.2 Å². The van der Waals surface area contributed by atoms with Gasteiger partial charge in [-0.1, -0.05) is 137 Å². The van der Waals surface area contributed by atoms with Crippen molar-refractivity contribution in [3.8, 4) is 33.8 Å². The van der Waals surface area contributed by atoms with Crippen LogP contribution in [0.3, 0.4) is 0 Å². The van der Waals surface area contributed by atoms with Gasteiger partial charge >= 0.3 is 6.16 Å². The van der Waals surface area contributed by atoms with E-state index in [1.165, 1.54) is 49.7 Å². The standard InChI is InChI=1S/C37H42O3/c1-3-5-7-9-19-29-21-11-13-23-31(29)33-25-15-17-27-35(33)39-37(38)40-36-28-18-16-26-34(36)32-24-14-12-22-30(32)20-10-8-6-4-2/h11-18,21-28H,3-10,19-20H2,1-2H3. The number of unbranched alkanes of at least 4 members (excludes halogenated alkanes) is 6. The Morgan fingerprint density at radius 3 is 1.27 bits per heavy atom. The first-order valence-electron chi connectivity index (χ1n) is 15.0. The predicted octanol–water partition coefficient (Wildman–Crippen LogP) is 10.8. The van der Waals surface area contributed by atoms with E-state index in [1.54, 1.807) is 0 Å². The fourth-order valence-corrected chi connectivity index (χ4v) is 5.24. The highest BCUT2D eigenvalue weighted by Crippen LogP contribution is 2.35. The van der Waals surface area contributed by atoms with Crippen LogP contribution in [0.1, 0.15) is 76.3 Å². The summed E-state index contributed by atoms with van der Waals surface area (Å²) in [6, 6.07) is 32.2. The van der Waals surface area contributed by atoms with Crippen molar-refractivity contribution < 1.29 is 14.3 Å². The molecule has 0 aliphatic rings. The summed E-state index contributed by atoms with van der Waals surface area (Å²) in [4.78, 5) is 13.2. The van der Waals surface area contributed by atoms with Gasteiger partial charge in [0.1, 0.15) is 11.5 Å². The van der Waals surface area contributed by atoms with Crippen LogP contribution >= 0.6 is 0 Å². The summed E-state index contributed by atoms with van der Waals surface area (Å²) in [6.45, 7) is 4.46. The molecule has 0 unspecified atom stereocenters. The van der Waals surface area contributed by atoms with Crippen molar-refractivity contribution in [1.29, 1.82) is 0 Å². The van der Waals surface area contributed by atoms with Gasteiger partial charge in [-0.2, -0.15) is 0 Å². The molecular weight excluding hydrogens is 492 g/mol. The molecule has 0 amide bonds. The average Bonchev–Trinajstić information content (AvgIpc) is 2.99. The quantitative estimate of drug-likeness (QED) is 0.0917. The fraction of sp³-hybridized carbons (Fsp3) is 0.324. The fourth-order valence-electron chi connectivity index (χ4n) is 5.24. The van der Waals surface area contributed by atoms with Crippen LogP contribution in [0.15, 0.2) is 97.1 Å². The summed E-state index contributed by atoms with van der Waals surface area (Å²) in [5.41, 5.74) is 6.53. The maximum atomic E-state index is 13.2. The number of benzene rings is 4. The molecule has 0 spiro atoms. The third kappa shape index (κ3) is 8.08. The molecule has 0 atom stereocenters. The van der Waals surface area contributed by atoms with Crippen molar-refractivity contribution >= 4 is 6.16 Å². The first-order valence-corrected chi connectivity index (χ1v) is 15.0. The second-order valence-electron chi connectivity index (χ2n) is 10.4. The molecule has 208 valence electrons. The normalized spacial score (nSPS) is 10.8. The van der Waals surface area contributed by atoms with Crippen LogP contribution in [0.5, 0.6) is 11.5 Å². The van der Waals surface area contributed by atoms with Crippen LogP contribution in [-0.4, -0.2) is 6.16 Å². The molecule has 0 N–H and O–H groups in total. The summed E-state index contributed by atoms with van der Waals surface area (Å²) in [6.07, 6.45) is 10.9. The predicted molar refractivity (Wildman–Crippen MR) is 166 cm³/mol. The lowest BCUT2D eigenvalue weighted by Crippen LogP contribution is -2.15. The molecule has 40 heavy (non-hydrogen) atoms. The van der Waals surface area contributed by atoms with Crippen LogP contribution in [-0.2, 0) is 12.8 Å². The van der Waals surface area contributed by atoms with E-state index in [9.17, 15) is 4.79 Å². The first kappa shape index (κ1) is 29.1. The van der Waals surface area contributed by atoms with Crippen molar-refractivity contribution in [3.63, 3.8) is 0 Å². The third-order valence-corrected chi connectivity index (χ3v) is 7.38. The Kier molecular flexibility index (Phi) is 11.4. The second kappa shape index (κ2) is 15.7. The summed E-state index contributed by atoms with van der Waals surface area (Å²) in [5.74, 6) is 1.00. The molecule has 0 aliphatic heterocycles. The molecule has 0 saturated carbocycles. The number of rotatable bonds is 14. The Morgan fingerprint density at radius 1 is 0.475 bits per heavy atom. The largest absolute Gasteiger partial charge is 0.519 e. The zero-order valence-electron chi connectivity index (χ0n) is 24.0. The molecule has 0 radical (unpaired) electrons. The minimum atomic E-state index is -0.735. The second-order valence-corrected chi connectivity index (χ2v) is 10.4. The summed E-state index contributed by atoms with van der Waals surface area (Å²) in [5, 5.41) is 0. The number of carbonyl (C=O) groups excluding carboxylic acids is 1.